The molecule has 146 valence electrons. The average molecular weight is 391 g/mol. The van der Waals surface area contributed by atoms with Crippen LogP contribution in [0.15, 0.2) is 36.4 Å². The van der Waals surface area contributed by atoms with Crippen molar-refractivity contribution in [3.05, 3.63) is 59.2 Å². The van der Waals surface area contributed by atoms with Crippen LogP contribution in [-0.4, -0.2) is 28.4 Å². The Kier molecular flexibility index (Phi) is 5.17. The fraction of sp³-hybridized carbons (Fsp3) is 0.211. The van der Waals surface area contributed by atoms with Gasteiger partial charge in [0.05, 0.1) is 17.4 Å². The van der Waals surface area contributed by atoms with Crippen LogP contribution in [-0.2, 0) is 0 Å². The van der Waals surface area contributed by atoms with Gasteiger partial charge in [-0.1, -0.05) is 6.07 Å². The van der Waals surface area contributed by atoms with Gasteiger partial charge in [-0.05, 0) is 49.7 Å². The first-order chi connectivity index (χ1) is 13.2. The monoisotopic (exact) mass is 391 g/mol. The molecule has 3 rings (SSSR count). The van der Waals surface area contributed by atoms with Crippen LogP contribution in [0, 0.1) is 29.4 Å². The molecule has 9 heteroatoms. The Morgan fingerprint density at radius 1 is 1.21 bits per heavy atom. The Morgan fingerprint density at radius 3 is 2.54 bits per heavy atom. The summed E-state index contributed by atoms with van der Waals surface area (Å²) in [5.41, 5.74) is 0.271. The number of benzene rings is 2. The highest BCUT2D eigenvalue weighted by molar-refractivity contribution is 5.97. The second kappa shape index (κ2) is 7.41. The van der Waals surface area contributed by atoms with Gasteiger partial charge < -0.3 is 4.90 Å². The number of hydrogen-bond donors (Lipinski definition) is 2. The smallest absolute Gasteiger partial charge is 0.256 e. The zero-order chi connectivity index (χ0) is 20.6. The minimum absolute atomic E-state index is 0.0681. The van der Waals surface area contributed by atoms with Crippen LogP contribution in [0.1, 0.15) is 12.5 Å². The van der Waals surface area contributed by atoms with Gasteiger partial charge in [0.15, 0.2) is 0 Å². The molecule has 0 bridgehead atoms. The molecule has 2 aromatic carbocycles. The van der Waals surface area contributed by atoms with Crippen LogP contribution in [0.3, 0.4) is 0 Å². The van der Waals surface area contributed by atoms with E-state index < -0.39 is 30.2 Å². The molecule has 3 aromatic rings. The van der Waals surface area contributed by atoms with Gasteiger partial charge in [0, 0.05) is 5.69 Å². The summed E-state index contributed by atoms with van der Waals surface area (Å²) in [5.74, 6) is -1.70. The lowest BCUT2D eigenvalue weighted by Gasteiger charge is -2.26. The molecule has 1 heterocycles. The Morgan fingerprint density at radius 2 is 1.93 bits per heavy atom. The standard InChI is InChI=1S/C19H17F4N5/c1-10-6-12(20)8-13(7-10)27(9-16(22)23)18-17-14(21)4-3-5-15(17)28(11(2)24)19(25)26-18/h3-8,16,24-25H,9H2,1-2H3. The van der Waals surface area contributed by atoms with E-state index in [0.29, 0.717) is 5.56 Å². The molecule has 2 N–H and O–H groups in total. The molecular formula is C19H17F4N5. The fourth-order valence-corrected chi connectivity index (χ4v) is 3.10. The molecule has 0 amide bonds. The largest absolute Gasteiger partial charge is 0.320 e. The van der Waals surface area contributed by atoms with Gasteiger partial charge in [0.25, 0.3) is 6.43 Å². The Hall–Kier alpha value is -3.23. The van der Waals surface area contributed by atoms with Crippen molar-refractivity contribution in [1.29, 1.82) is 10.8 Å². The molecule has 5 nitrogen and oxygen atoms in total. The maximum absolute atomic E-state index is 14.7. The van der Waals surface area contributed by atoms with Crippen LogP contribution in [0.25, 0.3) is 10.9 Å². The molecular weight excluding hydrogens is 374 g/mol. The van der Waals surface area contributed by atoms with E-state index in [1.807, 2.05) is 0 Å². The summed E-state index contributed by atoms with van der Waals surface area (Å²) < 4.78 is 56.4. The van der Waals surface area contributed by atoms with Crippen molar-refractivity contribution in [2.24, 2.45) is 0 Å². The molecule has 0 aliphatic heterocycles. The predicted molar refractivity (Wildman–Crippen MR) is 98.5 cm³/mol. The molecule has 0 saturated heterocycles. The first kappa shape index (κ1) is 19.5. The molecule has 0 saturated carbocycles. The number of hydrogen-bond acceptors (Lipinski definition) is 4. The van der Waals surface area contributed by atoms with Gasteiger partial charge in [-0.3, -0.25) is 15.4 Å². The summed E-state index contributed by atoms with van der Waals surface area (Å²) in [7, 11) is 0. The topological polar surface area (TPSA) is 68.8 Å². The summed E-state index contributed by atoms with van der Waals surface area (Å²) in [6.07, 6.45) is -2.82. The minimum atomic E-state index is -2.82. The summed E-state index contributed by atoms with van der Waals surface area (Å²) in [6, 6.07) is 7.77. The van der Waals surface area contributed by atoms with Crippen molar-refractivity contribution in [3.8, 4) is 0 Å². The first-order valence-corrected chi connectivity index (χ1v) is 8.33. The number of alkyl halides is 2. The Bertz CT molecular complexity index is 1100. The van der Waals surface area contributed by atoms with Crippen LogP contribution in [0.4, 0.5) is 29.1 Å². The summed E-state index contributed by atoms with van der Waals surface area (Å²) in [4.78, 5) is 4.99. The number of nitrogens with one attached hydrogen (secondary N) is 2. The van der Waals surface area contributed by atoms with E-state index in [9.17, 15) is 17.6 Å². The number of halogens is 4. The van der Waals surface area contributed by atoms with Crippen molar-refractivity contribution < 1.29 is 17.6 Å². The number of nitrogens with zero attached hydrogens (tertiary/aromatic N) is 3. The highest BCUT2D eigenvalue weighted by Crippen LogP contribution is 2.32. The number of aromatic nitrogens is 2. The fourth-order valence-electron chi connectivity index (χ4n) is 3.10. The highest BCUT2D eigenvalue weighted by atomic mass is 19.3. The second-order valence-electron chi connectivity index (χ2n) is 6.30. The van der Waals surface area contributed by atoms with Crippen molar-refractivity contribution >= 4 is 28.2 Å². The van der Waals surface area contributed by atoms with E-state index in [2.05, 4.69) is 4.98 Å². The zero-order valence-electron chi connectivity index (χ0n) is 15.1. The van der Waals surface area contributed by atoms with Gasteiger partial charge in [-0.2, -0.15) is 4.98 Å². The highest BCUT2D eigenvalue weighted by Gasteiger charge is 2.23. The SMILES string of the molecule is CC(=N)n1c(=N)nc(N(CC(F)F)c2cc(C)cc(F)c2)c2c(F)cccc21. The third kappa shape index (κ3) is 3.60. The van der Waals surface area contributed by atoms with Crippen molar-refractivity contribution in [2.45, 2.75) is 20.3 Å². The average Bonchev–Trinajstić information content (AvgIpc) is 2.57. The number of rotatable bonds is 4. The first-order valence-electron chi connectivity index (χ1n) is 8.33. The molecule has 1 aromatic heterocycles. The zero-order valence-corrected chi connectivity index (χ0v) is 15.1. The van der Waals surface area contributed by atoms with E-state index in [0.717, 1.165) is 21.6 Å². The van der Waals surface area contributed by atoms with E-state index in [-0.39, 0.29) is 28.2 Å². The third-order valence-corrected chi connectivity index (χ3v) is 4.13. The van der Waals surface area contributed by atoms with E-state index in [1.54, 1.807) is 6.92 Å². The number of fused-ring (bicyclic) bond motifs is 1. The van der Waals surface area contributed by atoms with Crippen molar-refractivity contribution in [1.82, 2.24) is 9.55 Å². The van der Waals surface area contributed by atoms with Gasteiger partial charge in [0.1, 0.15) is 23.3 Å². The minimum Gasteiger partial charge on any atom is -0.320 e. The molecule has 0 spiro atoms. The Balaban J connectivity index is 2.39. The van der Waals surface area contributed by atoms with Crippen LogP contribution in [0.5, 0.6) is 0 Å². The summed E-state index contributed by atoms with van der Waals surface area (Å²) in [5, 5.41) is 15.8. The van der Waals surface area contributed by atoms with E-state index in [4.69, 9.17) is 10.8 Å². The molecule has 0 fully saturated rings. The van der Waals surface area contributed by atoms with Gasteiger partial charge in [0.2, 0.25) is 5.62 Å². The number of aryl methyl sites for hydroxylation is 1. The van der Waals surface area contributed by atoms with Gasteiger partial charge in [-0.25, -0.2) is 17.6 Å². The molecule has 28 heavy (non-hydrogen) atoms. The van der Waals surface area contributed by atoms with Crippen LogP contribution >= 0.6 is 0 Å². The normalized spacial score (nSPS) is 11.2. The lowest BCUT2D eigenvalue weighted by Crippen LogP contribution is -2.33. The van der Waals surface area contributed by atoms with E-state index >= 15 is 0 Å². The maximum Gasteiger partial charge on any atom is 0.256 e. The molecule has 0 radical (unpaired) electrons. The molecule has 0 unspecified atom stereocenters. The lowest BCUT2D eigenvalue weighted by atomic mass is 10.1. The van der Waals surface area contributed by atoms with Crippen molar-refractivity contribution in [3.63, 3.8) is 0 Å². The van der Waals surface area contributed by atoms with Crippen molar-refractivity contribution in [2.75, 3.05) is 11.4 Å². The third-order valence-electron chi connectivity index (χ3n) is 4.13. The van der Waals surface area contributed by atoms with Gasteiger partial charge in [-0.15, -0.1) is 0 Å². The number of anilines is 2. The van der Waals surface area contributed by atoms with Crippen LogP contribution < -0.4 is 10.5 Å². The maximum atomic E-state index is 14.7. The van der Waals surface area contributed by atoms with Gasteiger partial charge >= 0.3 is 0 Å². The Labute approximate surface area is 157 Å². The molecule has 0 aliphatic rings. The summed E-state index contributed by atoms with van der Waals surface area (Å²) in [6.45, 7) is 2.13. The second-order valence-corrected chi connectivity index (χ2v) is 6.30. The van der Waals surface area contributed by atoms with E-state index in [1.165, 1.54) is 31.2 Å². The quantitative estimate of drug-likeness (QED) is 0.394. The molecule has 0 atom stereocenters. The lowest BCUT2D eigenvalue weighted by molar-refractivity contribution is 0.157. The molecule has 0 aliphatic carbocycles. The predicted octanol–water partition coefficient (Wildman–Crippen LogP) is 4.35. The summed E-state index contributed by atoms with van der Waals surface area (Å²) >= 11 is 0. The van der Waals surface area contributed by atoms with Crippen LogP contribution in [0.2, 0.25) is 0 Å².